The van der Waals surface area contributed by atoms with E-state index in [9.17, 15) is 14.0 Å². The summed E-state index contributed by atoms with van der Waals surface area (Å²) in [7, 11) is 0. The number of aliphatic carboxylic acids is 1. The first-order chi connectivity index (χ1) is 8.58. The van der Waals surface area contributed by atoms with Gasteiger partial charge in [-0.3, -0.25) is 9.59 Å². The van der Waals surface area contributed by atoms with Crippen LogP contribution in [0.5, 0.6) is 0 Å². The van der Waals surface area contributed by atoms with Gasteiger partial charge in [-0.25, -0.2) is 4.39 Å². The first-order valence-electron chi connectivity index (χ1n) is 5.82. The molecule has 0 aliphatic carbocycles. The minimum Gasteiger partial charge on any atom is -0.481 e. The summed E-state index contributed by atoms with van der Waals surface area (Å²) < 4.78 is 13.4. The minimum absolute atomic E-state index is 0.00376. The number of nitrogens with zero attached hydrogens (tertiary/aromatic N) is 1. The summed E-state index contributed by atoms with van der Waals surface area (Å²) in [5, 5.41) is 8.85. The first-order valence-corrected chi connectivity index (χ1v) is 5.82. The molecule has 1 amide bonds. The van der Waals surface area contributed by atoms with Gasteiger partial charge in [0, 0.05) is 25.1 Å². The zero-order valence-corrected chi connectivity index (χ0v) is 9.80. The average molecular weight is 251 g/mol. The van der Waals surface area contributed by atoms with Gasteiger partial charge in [-0.05, 0) is 12.5 Å². The van der Waals surface area contributed by atoms with E-state index in [1.54, 1.807) is 18.2 Å². The van der Waals surface area contributed by atoms with Gasteiger partial charge in [-0.1, -0.05) is 18.2 Å². The third-order valence-electron chi connectivity index (χ3n) is 3.19. The molecule has 0 aromatic heterocycles. The first kappa shape index (κ1) is 12.5. The van der Waals surface area contributed by atoms with Crippen LogP contribution in [0.15, 0.2) is 24.3 Å². The van der Waals surface area contributed by atoms with E-state index in [4.69, 9.17) is 5.11 Å². The van der Waals surface area contributed by atoms with E-state index < -0.39 is 11.9 Å². The number of likely N-dealkylation sites (tertiary alicyclic amines) is 1. The van der Waals surface area contributed by atoms with Gasteiger partial charge >= 0.3 is 5.97 Å². The van der Waals surface area contributed by atoms with Crippen molar-refractivity contribution in [3.63, 3.8) is 0 Å². The zero-order valence-electron chi connectivity index (χ0n) is 9.80. The summed E-state index contributed by atoms with van der Waals surface area (Å²) in [6.45, 7) is 0.571. The summed E-state index contributed by atoms with van der Waals surface area (Å²) in [6.07, 6.45) is 0.430. The Labute approximate surface area is 104 Å². The summed E-state index contributed by atoms with van der Waals surface area (Å²) >= 11 is 0. The van der Waals surface area contributed by atoms with Crippen molar-refractivity contribution in [1.29, 1.82) is 0 Å². The van der Waals surface area contributed by atoms with Gasteiger partial charge in [0.25, 0.3) is 0 Å². The molecule has 1 aliphatic rings. The van der Waals surface area contributed by atoms with Crippen molar-refractivity contribution in [3.05, 3.63) is 35.6 Å². The topological polar surface area (TPSA) is 57.6 Å². The number of carbonyl (C=O) groups excluding carboxylic acids is 1. The molecule has 96 valence electrons. The highest BCUT2D eigenvalue weighted by Crippen LogP contribution is 2.21. The Bertz CT molecular complexity index is 475. The maximum absolute atomic E-state index is 13.4. The number of halogens is 1. The third kappa shape index (κ3) is 2.67. The number of benzene rings is 1. The van der Waals surface area contributed by atoms with Gasteiger partial charge in [-0.15, -0.1) is 0 Å². The SMILES string of the molecule is O=C(O)C1CCN(Cc2ccccc2F)C(=O)C1. The highest BCUT2D eigenvalue weighted by atomic mass is 19.1. The van der Waals surface area contributed by atoms with Crippen LogP contribution < -0.4 is 0 Å². The zero-order chi connectivity index (χ0) is 13.1. The molecule has 1 N–H and O–H groups in total. The normalized spacial score (nSPS) is 19.9. The standard InChI is InChI=1S/C13H14FNO3/c14-11-4-2-1-3-10(11)8-15-6-5-9(13(17)18)7-12(15)16/h1-4,9H,5-8H2,(H,17,18). The lowest BCUT2D eigenvalue weighted by atomic mass is 9.96. The third-order valence-corrected chi connectivity index (χ3v) is 3.19. The number of carboxylic acids is 1. The van der Waals surface area contributed by atoms with E-state index in [0.717, 1.165) is 0 Å². The van der Waals surface area contributed by atoms with Crippen LogP contribution in [0.3, 0.4) is 0 Å². The van der Waals surface area contributed by atoms with E-state index >= 15 is 0 Å². The summed E-state index contributed by atoms with van der Waals surface area (Å²) in [5.41, 5.74) is 0.458. The Morgan fingerprint density at radius 2 is 2.17 bits per heavy atom. The summed E-state index contributed by atoms with van der Waals surface area (Å²) in [6, 6.07) is 6.29. The molecule has 5 heteroatoms. The van der Waals surface area contributed by atoms with Crippen LogP contribution in [0.1, 0.15) is 18.4 Å². The molecule has 1 heterocycles. The van der Waals surface area contributed by atoms with Crippen LogP contribution in [-0.2, 0) is 16.1 Å². The predicted molar refractivity (Wildman–Crippen MR) is 62.2 cm³/mol. The predicted octanol–water partition coefficient (Wildman–Crippen LogP) is 1.65. The molecule has 1 aromatic carbocycles. The van der Waals surface area contributed by atoms with Crippen molar-refractivity contribution in [1.82, 2.24) is 4.90 Å². The molecule has 1 atom stereocenters. The van der Waals surface area contributed by atoms with Crippen molar-refractivity contribution in [2.45, 2.75) is 19.4 Å². The smallest absolute Gasteiger partial charge is 0.307 e. The molecule has 1 saturated heterocycles. The molecular weight excluding hydrogens is 237 g/mol. The Morgan fingerprint density at radius 1 is 1.44 bits per heavy atom. The fourth-order valence-corrected chi connectivity index (χ4v) is 2.09. The average Bonchev–Trinajstić information content (AvgIpc) is 2.34. The second kappa shape index (κ2) is 5.16. The van der Waals surface area contributed by atoms with Crippen molar-refractivity contribution >= 4 is 11.9 Å². The molecule has 1 unspecified atom stereocenters. The van der Waals surface area contributed by atoms with Gasteiger partial charge in [0.2, 0.25) is 5.91 Å². The number of piperidine rings is 1. The fourth-order valence-electron chi connectivity index (χ4n) is 2.09. The number of hydrogen-bond donors (Lipinski definition) is 1. The van der Waals surface area contributed by atoms with Crippen LogP contribution in [0.2, 0.25) is 0 Å². The van der Waals surface area contributed by atoms with E-state index in [-0.39, 0.29) is 24.7 Å². The maximum Gasteiger partial charge on any atom is 0.307 e. The van der Waals surface area contributed by atoms with Crippen molar-refractivity contribution in [2.24, 2.45) is 5.92 Å². The van der Waals surface area contributed by atoms with Gasteiger partial charge in [-0.2, -0.15) is 0 Å². The summed E-state index contributed by atoms with van der Waals surface area (Å²) in [5.74, 6) is -2.11. The molecule has 18 heavy (non-hydrogen) atoms. The van der Waals surface area contributed by atoms with Gasteiger partial charge in [0.05, 0.1) is 5.92 Å². The van der Waals surface area contributed by atoms with Gasteiger partial charge in [0.1, 0.15) is 5.82 Å². The minimum atomic E-state index is -0.936. The quantitative estimate of drug-likeness (QED) is 0.888. The molecule has 2 rings (SSSR count). The van der Waals surface area contributed by atoms with Crippen LogP contribution in [0.4, 0.5) is 4.39 Å². The Balaban J connectivity index is 2.02. The lowest BCUT2D eigenvalue weighted by Crippen LogP contribution is -2.40. The van der Waals surface area contributed by atoms with Crippen molar-refractivity contribution in [3.8, 4) is 0 Å². The molecule has 1 fully saturated rings. The van der Waals surface area contributed by atoms with E-state index in [2.05, 4.69) is 0 Å². The van der Waals surface area contributed by atoms with E-state index in [1.807, 2.05) is 0 Å². The fraction of sp³-hybridized carbons (Fsp3) is 0.385. The van der Waals surface area contributed by atoms with E-state index in [1.165, 1.54) is 11.0 Å². The second-order valence-corrected chi connectivity index (χ2v) is 4.43. The molecule has 0 saturated carbocycles. The Hall–Kier alpha value is -1.91. The highest BCUT2D eigenvalue weighted by molar-refractivity contribution is 5.83. The summed E-state index contributed by atoms with van der Waals surface area (Å²) in [4.78, 5) is 24.1. The van der Waals surface area contributed by atoms with Crippen LogP contribution >= 0.6 is 0 Å². The number of amides is 1. The van der Waals surface area contributed by atoms with Crippen LogP contribution in [0, 0.1) is 11.7 Å². The largest absolute Gasteiger partial charge is 0.481 e. The van der Waals surface area contributed by atoms with Gasteiger partial charge < -0.3 is 10.0 Å². The molecule has 1 aromatic rings. The second-order valence-electron chi connectivity index (χ2n) is 4.43. The molecule has 0 spiro atoms. The van der Waals surface area contributed by atoms with Crippen LogP contribution in [-0.4, -0.2) is 28.4 Å². The highest BCUT2D eigenvalue weighted by Gasteiger charge is 2.30. The number of carboxylic acid groups (broad SMARTS) is 1. The van der Waals surface area contributed by atoms with Crippen LogP contribution in [0.25, 0.3) is 0 Å². The molecular formula is C13H14FNO3. The molecule has 0 bridgehead atoms. The molecule has 1 aliphatic heterocycles. The van der Waals surface area contributed by atoms with Gasteiger partial charge in [0.15, 0.2) is 0 Å². The lowest BCUT2D eigenvalue weighted by Gasteiger charge is -2.30. The molecule has 4 nitrogen and oxygen atoms in total. The monoisotopic (exact) mass is 251 g/mol. The van der Waals surface area contributed by atoms with Crippen molar-refractivity contribution in [2.75, 3.05) is 6.54 Å². The number of rotatable bonds is 3. The Morgan fingerprint density at radius 3 is 2.78 bits per heavy atom. The van der Waals surface area contributed by atoms with E-state index in [0.29, 0.717) is 18.5 Å². The van der Waals surface area contributed by atoms with Crippen molar-refractivity contribution < 1.29 is 19.1 Å². The maximum atomic E-state index is 13.4. The Kier molecular flexibility index (Phi) is 3.60. The lowest BCUT2D eigenvalue weighted by molar-refractivity contribution is -0.149. The number of carbonyl (C=O) groups is 2. The number of hydrogen-bond acceptors (Lipinski definition) is 2. The molecule has 0 radical (unpaired) electrons.